The van der Waals surface area contributed by atoms with Crippen molar-refractivity contribution in [1.82, 2.24) is 0 Å². The minimum Gasteiger partial charge on any atom is -0.466 e. The van der Waals surface area contributed by atoms with Gasteiger partial charge >= 0.3 is 12.1 Å². The lowest BCUT2D eigenvalue weighted by Crippen LogP contribution is -2.36. The van der Waals surface area contributed by atoms with E-state index in [2.05, 4.69) is 0 Å². The summed E-state index contributed by atoms with van der Waals surface area (Å²) in [5.74, 6) is -0.791. The second-order valence-corrected chi connectivity index (χ2v) is 5.73. The van der Waals surface area contributed by atoms with E-state index in [-0.39, 0.29) is 25.4 Å². The lowest BCUT2D eigenvalue weighted by molar-refractivity contribution is -0.143. The number of alkyl halides is 3. The molecule has 0 spiro atoms. The summed E-state index contributed by atoms with van der Waals surface area (Å²) in [7, 11) is 1.52. The zero-order chi connectivity index (χ0) is 17.4. The van der Waals surface area contributed by atoms with E-state index in [0.717, 1.165) is 12.1 Å². The molecule has 126 valence electrons. The lowest BCUT2D eigenvalue weighted by atomic mass is 9.79. The van der Waals surface area contributed by atoms with Crippen molar-refractivity contribution in [2.45, 2.75) is 38.3 Å². The summed E-state index contributed by atoms with van der Waals surface area (Å²) in [5.41, 5.74) is -1.24. The maximum Gasteiger partial charge on any atom is 0.416 e. The van der Waals surface area contributed by atoms with E-state index >= 15 is 0 Å². The standard InChI is InChI=1S/C16H18F3NO3/c1-4-23-13(21)7-8-15(2)11-9-10(16(17,18)19)5-6-12(11)20(3)14(15)22/h5-6,9H,4,7-8H2,1-3H3. The molecule has 1 aliphatic heterocycles. The number of likely N-dealkylation sites (N-methyl/N-ethyl adjacent to an activating group) is 1. The van der Waals surface area contributed by atoms with Gasteiger partial charge in [0.05, 0.1) is 17.6 Å². The number of rotatable bonds is 4. The highest BCUT2D eigenvalue weighted by atomic mass is 19.4. The number of halogens is 3. The van der Waals surface area contributed by atoms with Gasteiger partial charge < -0.3 is 9.64 Å². The molecule has 1 amide bonds. The van der Waals surface area contributed by atoms with Gasteiger partial charge in [-0.2, -0.15) is 13.2 Å². The van der Waals surface area contributed by atoms with Crippen molar-refractivity contribution in [2.75, 3.05) is 18.6 Å². The van der Waals surface area contributed by atoms with Crippen LogP contribution in [0.5, 0.6) is 0 Å². The van der Waals surface area contributed by atoms with Crippen LogP contribution < -0.4 is 4.90 Å². The van der Waals surface area contributed by atoms with Crippen molar-refractivity contribution in [3.63, 3.8) is 0 Å². The molecule has 0 N–H and O–H groups in total. The Labute approximate surface area is 132 Å². The van der Waals surface area contributed by atoms with Crippen LogP contribution in [0.2, 0.25) is 0 Å². The number of fused-ring (bicyclic) bond motifs is 1. The number of hydrogen-bond donors (Lipinski definition) is 0. The number of anilines is 1. The van der Waals surface area contributed by atoms with Gasteiger partial charge in [0.2, 0.25) is 5.91 Å². The number of esters is 1. The second kappa shape index (κ2) is 5.86. The number of ether oxygens (including phenoxy) is 1. The number of nitrogens with zero attached hydrogens (tertiary/aromatic N) is 1. The highest BCUT2D eigenvalue weighted by Crippen LogP contribution is 2.46. The Morgan fingerprint density at radius 1 is 1.35 bits per heavy atom. The van der Waals surface area contributed by atoms with Gasteiger partial charge in [0.15, 0.2) is 0 Å². The molecule has 1 aromatic carbocycles. The third-order valence-electron chi connectivity index (χ3n) is 4.19. The van der Waals surface area contributed by atoms with E-state index in [1.807, 2.05) is 0 Å². The fraction of sp³-hybridized carbons (Fsp3) is 0.500. The van der Waals surface area contributed by atoms with Crippen LogP contribution in [-0.4, -0.2) is 25.5 Å². The minimum absolute atomic E-state index is 0.0282. The van der Waals surface area contributed by atoms with Gasteiger partial charge in [0.25, 0.3) is 0 Å². The van der Waals surface area contributed by atoms with Crippen molar-refractivity contribution >= 4 is 17.6 Å². The molecule has 0 aliphatic carbocycles. The number of hydrogen-bond acceptors (Lipinski definition) is 3. The number of carbonyl (C=O) groups excluding carboxylic acids is 2. The summed E-state index contributed by atoms with van der Waals surface area (Å²) < 4.78 is 43.7. The van der Waals surface area contributed by atoms with E-state index in [4.69, 9.17) is 4.74 Å². The van der Waals surface area contributed by atoms with Crippen LogP contribution in [0.4, 0.5) is 18.9 Å². The molecular weight excluding hydrogens is 311 g/mol. The van der Waals surface area contributed by atoms with Gasteiger partial charge in [0.1, 0.15) is 0 Å². The maximum absolute atomic E-state index is 12.9. The van der Waals surface area contributed by atoms with Crippen LogP contribution in [-0.2, 0) is 25.9 Å². The molecule has 1 aliphatic rings. The predicted molar refractivity (Wildman–Crippen MR) is 78.1 cm³/mol. The molecule has 0 saturated heterocycles. The molecule has 0 aromatic heterocycles. The summed E-state index contributed by atoms with van der Waals surface area (Å²) in [6.45, 7) is 3.45. The van der Waals surface area contributed by atoms with Crippen molar-refractivity contribution in [1.29, 1.82) is 0 Å². The Hall–Kier alpha value is -2.05. The first-order valence-corrected chi connectivity index (χ1v) is 7.26. The average molecular weight is 329 g/mol. The quantitative estimate of drug-likeness (QED) is 0.797. The lowest BCUT2D eigenvalue weighted by Gasteiger charge is -2.23. The summed E-state index contributed by atoms with van der Waals surface area (Å²) in [6.07, 6.45) is -4.41. The van der Waals surface area contributed by atoms with E-state index in [9.17, 15) is 22.8 Å². The van der Waals surface area contributed by atoms with Crippen molar-refractivity contribution in [3.05, 3.63) is 29.3 Å². The molecule has 2 rings (SSSR count). The van der Waals surface area contributed by atoms with Crippen molar-refractivity contribution in [2.24, 2.45) is 0 Å². The highest BCUT2D eigenvalue weighted by Gasteiger charge is 2.47. The number of carbonyl (C=O) groups is 2. The van der Waals surface area contributed by atoms with E-state index in [0.29, 0.717) is 11.3 Å². The van der Waals surface area contributed by atoms with Crippen LogP contribution in [0.25, 0.3) is 0 Å². The largest absolute Gasteiger partial charge is 0.466 e. The molecule has 1 aromatic rings. The van der Waals surface area contributed by atoms with E-state index < -0.39 is 23.1 Å². The van der Waals surface area contributed by atoms with Crippen LogP contribution in [0, 0.1) is 0 Å². The molecule has 1 heterocycles. The molecule has 23 heavy (non-hydrogen) atoms. The summed E-state index contributed by atoms with van der Waals surface area (Å²) in [6, 6.07) is 3.26. The predicted octanol–water partition coefficient (Wildman–Crippen LogP) is 3.28. The van der Waals surface area contributed by atoms with E-state index in [1.165, 1.54) is 18.0 Å². The van der Waals surface area contributed by atoms with Crippen LogP contribution in [0.1, 0.15) is 37.8 Å². The van der Waals surface area contributed by atoms with Crippen LogP contribution in [0.3, 0.4) is 0 Å². The molecule has 1 atom stereocenters. The van der Waals surface area contributed by atoms with Gasteiger partial charge in [-0.25, -0.2) is 0 Å². The molecule has 0 radical (unpaired) electrons. The third-order valence-corrected chi connectivity index (χ3v) is 4.19. The normalized spacial score (nSPS) is 20.6. The molecule has 0 bridgehead atoms. The first-order chi connectivity index (χ1) is 10.6. The summed E-state index contributed by atoms with van der Waals surface area (Å²) in [5, 5.41) is 0. The van der Waals surface area contributed by atoms with Crippen molar-refractivity contribution < 1.29 is 27.5 Å². The maximum atomic E-state index is 12.9. The summed E-state index contributed by atoms with van der Waals surface area (Å²) >= 11 is 0. The second-order valence-electron chi connectivity index (χ2n) is 5.73. The Kier molecular flexibility index (Phi) is 4.41. The number of benzene rings is 1. The fourth-order valence-corrected chi connectivity index (χ4v) is 2.87. The molecular formula is C16H18F3NO3. The summed E-state index contributed by atoms with van der Waals surface area (Å²) in [4.78, 5) is 25.4. The molecule has 0 saturated carbocycles. The average Bonchev–Trinajstić information content (AvgIpc) is 2.67. The van der Waals surface area contributed by atoms with Crippen LogP contribution >= 0.6 is 0 Å². The molecule has 4 nitrogen and oxygen atoms in total. The molecule has 1 unspecified atom stereocenters. The van der Waals surface area contributed by atoms with Gasteiger partial charge in [-0.05, 0) is 44.0 Å². The smallest absolute Gasteiger partial charge is 0.416 e. The zero-order valence-corrected chi connectivity index (χ0v) is 13.2. The van der Waals surface area contributed by atoms with Gasteiger partial charge in [-0.3, -0.25) is 9.59 Å². The number of amides is 1. The van der Waals surface area contributed by atoms with Crippen LogP contribution in [0.15, 0.2) is 18.2 Å². The third kappa shape index (κ3) is 3.04. The fourth-order valence-electron chi connectivity index (χ4n) is 2.87. The first kappa shape index (κ1) is 17.3. The Morgan fingerprint density at radius 3 is 2.57 bits per heavy atom. The Balaban J connectivity index is 2.39. The SMILES string of the molecule is CCOC(=O)CCC1(C)C(=O)N(C)c2ccc(C(F)(F)F)cc21. The monoisotopic (exact) mass is 329 g/mol. The van der Waals surface area contributed by atoms with Gasteiger partial charge in [0, 0.05) is 19.2 Å². The molecule has 0 fully saturated rings. The van der Waals surface area contributed by atoms with Crippen molar-refractivity contribution in [3.8, 4) is 0 Å². The Morgan fingerprint density at radius 2 is 2.00 bits per heavy atom. The highest BCUT2D eigenvalue weighted by molar-refractivity contribution is 6.07. The van der Waals surface area contributed by atoms with E-state index in [1.54, 1.807) is 13.8 Å². The topological polar surface area (TPSA) is 46.6 Å². The van der Waals surface area contributed by atoms with Gasteiger partial charge in [-0.1, -0.05) is 0 Å². The Bertz CT molecular complexity index is 642. The minimum atomic E-state index is -4.48. The first-order valence-electron chi connectivity index (χ1n) is 7.26. The zero-order valence-electron chi connectivity index (χ0n) is 13.2. The molecule has 7 heteroatoms. The van der Waals surface area contributed by atoms with Gasteiger partial charge in [-0.15, -0.1) is 0 Å².